The van der Waals surface area contributed by atoms with Crippen LogP contribution in [0.1, 0.15) is 26.4 Å². The predicted molar refractivity (Wildman–Crippen MR) is 91.4 cm³/mol. The number of amides is 1. The average Bonchev–Trinajstić information content (AvgIpc) is 2.80. The van der Waals surface area contributed by atoms with E-state index in [9.17, 15) is 4.79 Å². The quantitative estimate of drug-likeness (QED) is 0.916. The molecule has 0 fully saturated rings. The van der Waals surface area contributed by atoms with Crippen molar-refractivity contribution in [1.82, 2.24) is 5.32 Å². The minimum atomic E-state index is 0.0261. The van der Waals surface area contributed by atoms with Crippen molar-refractivity contribution < 1.29 is 4.79 Å². The lowest BCUT2D eigenvalue weighted by molar-refractivity contribution is -0.116. The zero-order valence-electron chi connectivity index (χ0n) is 12.1. The predicted octanol–water partition coefficient (Wildman–Crippen LogP) is 4.27. The normalized spacial score (nSPS) is 13.5. The topological polar surface area (TPSA) is 29.1 Å². The standard InChI is InChI=1S/C17H17NOS2/c1-11-12(2)21-15-8-16(20-10-14(11)15)17(19)18-9-13-6-4-3-5-7-13/h3-8H,9-10H2,1-2H3,(H,18,19). The number of rotatable bonds is 3. The van der Waals surface area contributed by atoms with Gasteiger partial charge in [-0.3, -0.25) is 4.79 Å². The van der Waals surface area contributed by atoms with E-state index in [1.54, 1.807) is 23.1 Å². The van der Waals surface area contributed by atoms with Gasteiger partial charge in [0.2, 0.25) is 0 Å². The van der Waals surface area contributed by atoms with Gasteiger partial charge in [-0.05, 0) is 36.6 Å². The Kier molecular flexibility index (Phi) is 4.17. The third-order valence-corrected chi connectivity index (χ3v) is 5.94. The lowest BCUT2D eigenvalue weighted by atomic mass is 10.1. The highest BCUT2D eigenvalue weighted by Crippen LogP contribution is 2.39. The molecule has 2 nitrogen and oxygen atoms in total. The summed E-state index contributed by atoms with van der Waals surface area (Å²) in [6, 6.07) is 9.99. The van der Waals surface area contributed by atoms with Gasteiger partial charge in [0.25, 0.3) is 5.91 Å². The molecule has 1 aromatic heterocycles. The van der Waals surface area contributed by atoms with Gasteiger partial charge in [0.1, 0.15) is 0 Å². The third kappa shape index (κ3) is 3.06. The van der Waals surface area contributed by atoms with Gasteiger partial charge in [-0.1, -0.05) is 30.3 Å². The van der Waals surface area contributed by atoms with E-state index in [-0.39, 0.29) is 5.91 Å². The fraction of sp³-hybridized carbons (Fsp3) is 0.235. The Labute approximate surface area is 133 Å². The maximum absolute atomic E-state index is 12.3. The highest BCUT2D eigenvalue weighted by Gasteiger charge is 2.20. The molecule has 1 N–H and O–H groups in total. The number of hydrogen-bond acceptors (Lipinski definition) is 3. The summed E-state index contributed by atoms with van der Waals surface area (Å²) in [5.41, 5.74) is 3.89. The summed E-state index contributed by atoms with van der Waals surface area (Å²) in [5.74, 6) is 0.925. The van der Waals surface area contributed by atoms with E-state index in [0.717, 1.165) is 16.2 Å². The van der Waals surface area contributed by atoms with E-state index < -0.39 is 0 Å². The monoisotopic (exact) mass is 315 g/mol. The molecule has 0 radical (unpaired) electrons. The zero-order chi connectivity index (χ0) is 14.8. The fourth-order valence-corrected chi connectivity index (χ4v) is 4.68. The van der Waals surface area contributed by atoms with Crippen LogP contribution in [-0.4, -0.2) is 5.91 Å². The van der Waals surface area contributed by atoms with Crippen molar-refractivity contribution in [2.45, 2.75) is 26.1 Å². The van der Waals surface area contributed by atoms with Crippen molar-refractivity contribution in [3.05, 3.63) is 61.7 Å². The van der Waals surface area contributed by atoms with E-state index in [0.29, 0.717) is 6.54 Å². The first-order chi connectivity index (χ1) is 10.1. The van der Waals surface area contributed by atoms with Crippen LogP contribution in [0, 0.1) is 13.8 Å². The van der Waals surface area contributed by atoms with Crippen LogP contribution in [0.5, 0.6) is 0 Å². The minimum absolute atomic E-state index is 0.0261. The molecule has 3 rings (SSSR count). The SMILES string of the molecule is Cc1sc2c(c1C)CSC(C(=O)NCc1ccccc1)=C2. The van der Waals surface area contributed by atoms with Crippen molar-refractivity contribution in [2.75, 3.05) is 0 Å². The molecule has 0 atom stereocenters. The Morgan fingerprint density at radius 1 is 1.24 bits per heavy atom. The Balaban J connectivity index is 1.71. The average molecular weight is 315 g/mol. The highest BCUT2D eigenvalue weighted by molar-refractivity contribution is 8.03. The van der Waals surface area contributed by atoms with E-state index in [1.807, 2.05) is 36.4 Å². The van der Waals surface area contributed by atoms with Gasteiger partial charge >= 0.3 is 0 Å². The van der Waals surface area contributed by atoms with Crippen LogP contribution in [0.25, 0.3) is 6.08 Å². The van der Waals surface area contributed by atoms with Crippen LogP contribution in [0.15, 0.2) is 35.2 Å². The Morgan fingerprint density at radius 3 is 2.76 bits per heavy atom. The fourth-order valence-electron chi connectivity index (χ4n) is 2.30. The lowest BCUT2D eigenvalue weighted by Crippen LogP contribution is -2.24. The second-order valence-corrected chi connectivity index (χ2v) is 7.37. The summed E-state index contributed by atoms with van der Waals surface area (Å²) >= 11 is 3.42. The van der Waals surface area contributed by atoms with Gasteiger partial charge in [-0.2, -0.15) is 0 Å². The van der Waals surface area contributed by atoms with E-state index in [4.69, 9.17) is 0 Å². The molecule has 0 saturated heterocycles. The largest absolute Gasteiger partial charge is 0.348 e. The van der Waals surface area contributed by atoms with E-state index in [1.165, 1.54) is 20.9 Å². The summed E-state index contributed by atoms with van der Waals surface area (Å²) in [7, 11) is 0. The van der Waals surface area contributed by atoms with Crippen molar-refractivity contribution in [1.29, 1.82) is 0 Å². The molecule has 0 bridgehead atoms. The van der Waals surface area contributed by atoms with Crippen molar-refractivity contribution >= 4 is 35.1 Å². The molecule has 2 heterocycles. The lowest BCUT2D eigenvalue weighted by Gasteiger charge is -2.13. The van der Waals surface area contributed by atoms with Crippen LogP contribution < -0.4 is 5.32 Å². The first kappa shape index (κ1) is 14.4. The molecule has 0 saturated carbocycles. The van der Waals surface area contributed by atoms with Crippen molar-refractivity contribution in [3.8, 4) is 0 Å². The second kappa shape index (κ2) is 6.08. The number of hydrogen-bond donors (Lipinski definition) is 1. The van der Waals surface area contributed by atoms with Gasteiger partial charge in [0.05, 0.1) is 4.91 Å². The number of nitrogens with one attached hydrogen (secondary N) is 1. The molecule has 4 heteroatoms. The minimum Gasteiger partial charge on any atom is -0.348 e. The van der Waals surface area contributed by atoms with E-state index in [2.05, 4.69) is 19.2 Å². The van der Waals surface area contributed by atoms with Gasteiger partial charge in [0, 0.05) is 22.1 Å². The molecule has 1 aliphatic heterocycles. The highest BCUT2D eigenvalue weighted by atomic mass is 32.2. The van der Waals surface area contributed by atoms with Gasteiger partial charge in [0.15, 0.2) is 0 Å². The zero-order valence-corrected chi connectivity index (χ0v) is 13.7. The smallest absolute Gasteiger partial charge is 0.258 e. The van der Waals surface area contributed by atoms with E-state index >= 15 is 0 Å². The number of carbonyl (C=O) groups excluding carboxylic acids is 1. The van der Waals surface area contributed by atoms with Crippen LogP contribution in [0.3, 0.4) is 0 Å². The van der Waals surface area contributed by atoms with Crippen LogP contribution in [0.4, 0.5) is 0 Å². The van der Waals surface area contributed by atoms with Gasteiger partial charge in [-0.15, -0.1) is 23.1 Å². The second-order valence-electron chi connectivity index (χ2n) is 5.09. The molecule has 0 aliphatic carbocycles. The van der Waals surface area contributed by atoms with Gasteiger partial charge < -0.3 is 5.32 Å². The summed E-state index contributed by atoms with van der Waals surface area (Å²) in [4.78, 5) is 15.7. The van der Waals surface area contributed by atoms with Crippen LogP contribution in [0.2, 0.25) is 0 Å². The number of aryl methyl sites for hydroxylation is 1. The molecular weight excluding hydrogens is 298 g/mol. The molecule has 0 spiro atoms. The molecule has 0 unspecified atom stereocenters. The summed E-state index contributed by atoms with van der Waals surface area (Å²) in [5, 5.41) is 3.00. The maximum atomic E-state index is 12.3. The molecule has 1 aromatic carbocycles. The summed E-state index contributed by atoms with van der Waals surface area (Å²) in [6.07, 6.45) is 2.04. The Bertz CT molecular complexity index is 701. The van der Waals surface area contributed by atoms with Gasteiger partial charge in [-0.25, -0.2) is 0 Å². The number of thiophene rings is 1. The Hall–Kier alpha value is -1.52. The summed E-state index contributed by atoms with van der Waals surface area (Å²) < 4.78 is 0. The first-order valence-corrected chi connectivity index (χ1v) is 8.71. The molecule has 1 aliphatic rings. The number of fused-ring (bicyclic) bond motifs is 1. The number of benzene rings is 1. The third-order valence-electron chi connectivity index (χ3n) is 3.70. The Morgan fingerprint density at radius 2 is 2.00 bits per heavy atom. The van der Waals surface area contributed by atoms with Crippen LogP contribution >= 0.6 is 23.1 Å². The maximum Gasteiger partial charge on any atom is 0.258 e. The number of thioether (sulfide) groups is 1. The first-order valence-electron chi connectivity index (χ1n) is 6.90. The van der Waals surface area contributed by atoms with Crippen molar-refractivity contribution in [3.63, 3.8) is 0 Å². The molecule has 21 heavy (non-hydrogen) atoms. The van der Waals surface area contributed by atoms with Crippen LogP contribution in [-0.2, 0) is 17.1 Å². The van der Waals surface area contributed by atoms with Crippen molar-refractivity contribution in [2.24, 2.45) is 0 Å². The molecule has 2 aromatic rings. The summed E-state index contributed by atoms with van der Waals surface area (Å²) in [6.45, 7) is 4.89. The molecule has 1 amide bonds. The molecular formula is C17H17NOS2. The number of carbonyl (C=O) groups is 1. The molecule has 108 valence electrons.